The summed E-state index contributed by atoms with van der Waals surface area (Å²) in [5.74, 6) is 0.486. The molecule has 1 rings (SSSR count). The van der Waals surface area contributed by atoms with Crippen molar-refractivity contribution in [3.63, 3.8) is 0 Å². The molecular formula is C14H24N2O3S2. The molecule has 0 heterocycles. The van der Waals surface area contributed by atoms with Crippen LogP contribution in [0, 0.1) is 13.8 Å². The summed E-state index contributed by atoms with van der Waals surface area (Å²) in [6, 6.07) is 3.38. The maximum absolute atomic E-state index is 12.5. The van der Waals surface area contributed by atoms with E-state index in [1.54, 1.807) is 34.1 Å². The Kier molecular flexibility index (Phi) is 6.37. The van der Waals surface area contributed by atoms with E-state index in [1.165, 1.54) is 0 Å². The van der Waals surface area contributed by atoms with Gasteiger partial charge in [-0.3, -0.25) is 4.21 Å². The number of hydrogen-bond donors (Lipinski definition) is 2. The molecule has 0 aliphatic carbocycles. The van der Waals surface area contributed by atoms with Gasteiger partial charge in [-0.1, -0.05) is 0 Å². The minimum atomic E-state index is -3.57. The molecule has 0 aromatic heterocycles. The lowest BCUT2D eigenvalue weighted by Gasteiger charge is -2.17. The Morgan fingerprint density at radius 2 is 1.76 bits per heavy atom. The molecule has 0 radical (unpaired) electrons. The number of aryl methyl sites for hydroxylation is 2. The molecule has 2 atom stereocenters. The molecule has 7 heteroatoms. The molecule has 0 fully saturated rings. The number of sulfonamides is 1. The van der Waals surface area contributed by atoms with Crippen molar-refractivity contribution in [2.45, 2.75) is 38.1 Å². The van der Waals surface area contributed by atoms with Crippen LogP contribution in [0.2, 0.25) is 0 Å². The second-order valence-electron chi connectivity index (χ2n) is 5.28. The monoisotopic (exact) mass is 332 g/mol. The van der Waals surface area contributed by atoms with Crippen LogP contribution in [0.25, 0.3) is 0 Å². The van der Waals surface area contributed by atoms with Gasteiger partial charge in [0.05, 0.1) is 4.90 Å². The average Bonchev–Trinajstić information content (AvgIpc) is 2.34. The van der Waals surface area contributed by atoms with Crippen molar-refractivity contribution in [1.82, 2.24) is 4.72 Å². The Morgan fingerprint density at radius 3 is 2.19 bits per heavy atom. The van der Waals surface area contributed by atoms with Crippen LogP contribution >= 0.6 is 0 Å². The number of benzene rings is 1. The van der Waals surface area contributed by atoms with Crippen LogP contribution in [0.4, 0.5) is 5.69 Å². The molecule has 1 aromatic carbocycles. The first-order chi connectivity index (χ1) is 9.67. The molecule has 5 nitrogen and oxygen atoms in total. The summed E-state index contributed by atoms with van der Waals surface area (Å²) in [5, 5.41) is 3.01. The third kappa shape index (κ3) is 5.09. The molecule has 0 amide bonds. The van der Waals surface area contributed by atoms with Gasteiger partial charge in [0.2, 0.25) is 10.0 Å². The number of rotatable bonds is 7. The fraction of sp³-hybridized carbons (Fsp3) is 0.571. The molecule has 0 bridgehead atoms. The highest BCUT2D eigenvalue weighted by Crippen LogP contribution is 2.24. The lowest BCUT2D eigenvalue weighted by atomic mass is 10.1. The third-order valence-corrected chi connectivity index (χ3v) is 5.92. The zero-order valence-electron chi connectivity index (χ0n) is 13.2. The molecule has 0 aliphatic rings. The van der Waals surface area contributed by atoms with Gasteiger partial charge in [-0.05, 0) is 50.5 Å². The lowest BCUT2D eigenvalue weighted by Crippen LogP contribution is -2.34. The van der Waals surface area contributed by atoms with Gasteiger partial charge in [-0.15, -0.1) is 0 Å². The summed E-state index contributed by atoms with van der Waals surface area (Å²) in [5.41, 5.74) is 2.30. The minimum absolute atomic E-state index is 0.248. The van der Waals surface area contributed by atoms with E-state index in [9.17, 15) is 12.6 Å². The molecule has 120 valence electrons. The zero-order chi connectivity index (χ0) is 16.2. The fourth-order valence-electron chi connectivity index (χ4n) is 2.24. The van der Waals surface area contributed by atoms with Crippen molar-refractivity contribution in [2.75, 3.05) is 24.4 Å². The van der Waals surface area contributed by atoms with E-state index in [4.69, 9.17) is 0 Å². The van der Waals surface area contributed by atoms with Gasteiger partial charge in [-0.25, -0.2) is 13.1 Å². The van der Waals surface area contributed by atoms with Crippen molar-refractivity contribution in [1.29, 1.82) is 0 Å². The number of anilines is 1. The van der Waals surface area contributed by atoms with Crippen molar-refractivity contribution in [2.24, 2.45) is 0 Å². The second-order valence-corrected chi connectivity index (χ2v) is 8.48. The highest BCUT2D eigenvalue weighted by molar-refractivity contribution is 7.89. The molecule has 2 unspecified atom stereocenters. The molecular weight excluding hydrogens is 308 g/mol. The van der Waals surface area contributed by atoms with E-state index in [-0.39, 0.29) is 6.04 Å². The van der Waals surface area contributed by atoms with Crippen molar-refractivity contribution < 1.29 is 12.6 Å². The third-order valence-electron chi connectivity index (χ3n) is 3.21. The Bertz CT molecular complexity index is 604. The predicted molar refractivity (Wildman–Crippen MR) is 88.8 cm³/mol. The van der Waals surface area contributed by atoms with Crippen molar-refractivity contribution in [3.05, 3.63) is 23.3 Å². The van der Waals surface area contributed by atoms with Crippen molar-refractivity contribution >= 4 is 26.5 Å². The summed E-state index contributed by atoms with van der Waals surface area (Å²) in [7, 11) is -2.69. The fourth-order valence-corrected chi connectivity index (χ4v) is 4.66. The summed E-state index contributed by atoms with van der Waals surface area (Å²) in [6.07, 6.45) is 2.17. The topological polar surface area (TPSA) is 75.3 Å². The second kappa shape index (κ2) is 7.38. The maximum Gasteiger partial charge on any atom is 0.241 e. The van der Waals surface area contributed by atoms with Crippen LogP contribution in [-0.2, 0) is 20.8 Å². The highest BCUT2D eigenvalue weighted by Gasteiger charge is 2.22. The smallest absolute Gasteiger partial charge is 0.241 e. The Hall–Kier alpha value is -0.920. The molecule has 0 aliphatic heterocycles. The van der Waals surface area contributed by atoms with Gasteiger partial charge < -0.3 is 5.32 Å². The van der Waals surface area contributed by atoms with E-state index in [0.717, 1.165) is 5.69 Å². The molecule has 0 saturated heterocycles. The standard InChI is InChI=1S/C14H24N2O3S2/c1-10-8-13(15-4)9-11(2)14(10)21(18,19)16-12(3)6-7-20(5)17/h8-9,12,15-16H,6-7H2,1-5H3. The largest absolute Gasteiger partial charge is 0.388 e. The van der Waals surface area contributed by atoms with Crippen LogP contribution < -0.4 is 10.0 Å². The van der Waals surface area contributed by atoms with Crippen LogP contribution in [0.3, 0.4) is 0 Å². The normalized spacial score (nSPS) is 14.7. The molecule has 21 heavy (non-hydrogen) atoms. The van der Waals surface area contributed by atoms with Crippen molar-refractivity contribution in [3.8, 4) is 0 Å². The van der Waals surface area contributed by atoms with E-state index in [0.29, 0.717) is 28.2 Å². The molecule has 0 saturated carbocycles. The molecule has 0 spiro atoms. The van der Waals surface area contributed by atoms with Crippen LogP contribution in [0.15, 0.2) is 17.0 Å². The van der Waals surface area contributed by atoms with Crippen LogP contribution in [-0.4, -0.2) is 37.7 Å². The average molecular weight is 332 g/mol. The summed E-state index contributed by atoms with van der Waals surface area (Å²) in [6.45, 7) is 5.36. The van der Waals surface area contributed by atoms with Crippen LogP contribution in [0.5, 0.6) is 0 Å². The van der Waals surface area contributed by atoms with Gasteiger partial charge in [0.1, 0.15) is 0 Å². The van der Waals surface area contributed by atoms with Gasteiger partial charge in [-0.2, -0.15) is 0 Å². The quantitative estimate of drug-likeness (QED) is 0.798. The summed E-state index contributed by atoms with van der Waals surface area (Å²) < 4.78 is 38.8. The first-order valence-corrected chi connectivity index (χ1v) is 9.99. The number of nitrogens with one attached hydrogen (secondary N) is 2. The SMILES string of the molecule is CNc1cc(C)c(S(=O)(=O)NC(C)CCS(C)=O)c(C)c1. The van der Waals surface area contributed by atoms with Gasteiger partial charge in [0.15, 0.2) is 0 Å². The molecule has 2 N–H and O–H groups in total. The Labute approximate surface area is 130 Å². The first kappa shape index (κ1) is 18.1. The van der Waals surface area contributed by atoms with E-state index in [2.05, 4.69) is 10.0 Å². The Morgan fingerprint density at radius 1 is 1.24 bits per heavy atom. The predicted octanol–water partition coefficient (Wildman–Crippen LogP) is 1.78. The lowest BCUT2D eigenvalue weighted by molar-refractivity contribution is 0.554. The summed E-state index contributed by atoms with van der Waals surface area (Å²) in [4.78, 5) is 0.325. The zero-order valence-corrected chi connectivity index (χ0v) is 14.8. The first-order valence-electron chi connectivity index (χ1n) is 6.78. The van der Waals surface area contributed by atoms with Gasteiger partial charge in [0.25, 0.3) is 0 Å². The maximum atomic E-state index is 12.5. The van der Waals surface area contributed by atoms with E-state index in [1.807, 2.05) is 12.1 Å². The van der Waals surface area contributed by atoms with Crippen LogP contribution in [0.1, 0.15) is 24.5 Å². The van der Waals surface area contributed by atoms with Gasteiger partial charge >= 0.3 is 0 Å². The Balaban J connectivity index is 3.00. The molecule has 1 aromatic rings. The van der Waals surface area contributed by atoms with Gasteiger partial charge in [0, 0.05) is 41.6 Å². The highest BCUT2D eigenvalue weighted by atomic mass is 32.2. The summed E-state index contributed by atoms with van der Waals surface area (Å²) >= 11 is 0. The number of hydrogen-bond acceptors (Lipinski definition) is 4. The minimum Gasteiger partial charge on any atom is -0.388 e. The van der Waals surface area contributed by atoms with E-state index >= 15 is 0 Å². The van der Waals surface area contributed by atoms with E-state index < -0.39 is 20.8 Å².